The van der Waals surface area contributed by atoms with Gasteiger partial charge >= 0.3 is 0 Å². The molecule has 8 nitrogen and oxygen atoms in total. The number of carbonyl (C=O) groups is 2. The van der Waals surface area contributed by atoms with Gasteiger partial charge in [0.05, 0.1) is 26.2 Å². The standard InChI is InChI=1S/C15H18N4O4S.C2H6/c1-16-14(21)10-7-17-15(19-10)24-8-13(20)18-9-4-5-11(22-2)12(6-9)23-3;1-2/h4-7H,8H2,1-3H3,(H,16,21)(H,17,19)(H,18,20);1-2H3. The summed E-state index contributed by atoms with van der Waals surface area (Å²) in [4.78, 5) is 30.3. The number of benzene rings is 1. The molecule has 0 aliphatic carbocycles. The summed E-state index contributed by atoms with van der Waals surface area (Å²) >= 11 is 1.20. The van der Waals surface area contributed by atoms with Crippen LogP contribution in [0, 0.1) is 0 Å². The lowest BCUT2D eigenvalue weighted by Crippen LogP contribution is -2.18. The van der Waals surface area contributed by atoms with Crippen LogP contribution in [0.5, 0.6) is 11.5 Å². The van der Waals surface area contributed by atoms with Crippen LogP contribution in [-0.4, -0.2) is 48.8 Å². The Morgan fingerprint density at radius 1 is 1.19 bits per heavy atom. The van der Waals surface area contributed by atoms with Crippen LogP contribution in [0.15, 0.2) is 29.6 Å². The minimum atomic E-state index is -0.260. The van der Waals surface area contributed by atoms with E-state index < -0.39 is 0 Å². The maximum absolute atomic E-state index is 12.0. The van der Waals surface area contributed by atoms with Crippen LogP contribution in [0.1, 0.15) is 24.3 Å². The fourth-order valence-electron chi connectivity index (χ4n) is 1.87. The molecule has 0 saturated heterocycles. The highest BCUT2D eigenvalue weighted by molar-refractivity contribution is 7.99. The average molecular weight is 380 g/mol. The number of amides is 2. The van der Waals surface area contributed by atoms with E-state index in [1.54, 1.807) is 25.3 Å². The van der Waals surface area contributed by atoms with Crippen molar-refractivity contribution in [3.05, 3.63) is 30.1 Å². The van der Waals surface area contributed by atoms with Gasteiger partial charge in [-0.1, -0.05) is 25.6 Å². The number of hydrogen-bond acceptors (Lipinski definition) is 6. The van der Waals surface area contributed by atoms with E-state index in [0.717, 1.165) is 0 Å². The topological polar surface area (TPSA) is 105 Å². The van der Waals surface area contributed by atoms with Gasteiger partial charge in [0.15, 0.2) is 16.7 Å². The van der Waals surface area contributed by atoms with Gasteiger partial charge in [0.25, 0.3) is 5.91 Å². The normalized spacial score (nSPS) is 9.58. The Balaban J connectivity index is 0.00000163. The third kappa shape index (κ3) is 5.99. The van der Waals surface area contributed by atoms with Gasteiger partial charge in [-0.25, -0.2) is 4.98 Å². The highest BCUT2D eigenvalue weighted by atomic mass is 32.2. The van der Waals surface area contributed by atoms with Crippen molar-refractivity contribution in [2.24, 2.45) is 0 Å². The number of carbonyl (C=O) groups excluding carboxylic acids is 2. The Hall–Kier alpha value is -2.68. The predicted molar refractivity (Wildman–Crippen MR) is 102 cm³/mol. The number of nitrogens with one attached hydrogen (secondary N) is 3. The Labute approximate surface area is 157 Å². The number of aromatic amines is 1. The maximum atomic E-state index is 12.0. The van der Waals surface area contributed by atoms with Gasteiger partial charge in [0, 0.05) is 18.8 Å². The smallest absolute Gasteiger partial charge is 0.269 e. The molecule has 3 N–H and O–H groups in total. The number of rotatable bonds is 7. The second-order valence-electron chi connectivity index (χ2n) is 4.59. The van der Waals surface area contributed by atoms with Gasteiger partial charge in [-0.3, -0.25) is 9.59 Å². The summed E-state index contributed by atoms with van der Waals surface area (Å²) in [6, 6.07) is 5.11. The summed E-state index contributed by atoms with van der Waals surface area (Å²) in [7, 11) is 4.61. The summed E-state index contributed by atoms with van der Waals surface area (Å²) in [5.41, 5.74) is 0.948. The number of nitrogens with zero attached hydrogens (tertiary/aromatic N) is 1. The van der Waals surface area contributed by atoms with E-state index in [1.165, 1.54) is 32.1 Å². The maximum Gasteiger partial charge on any atom is 0.269 e. The summed E-state index contributed by atoms with van der Waals surface area (Å²) in [5, 5.41) is 5.75. The molecule has 0 radical (unpaired) electrons. The van der Waals surface area contributed by atoms with Crippen LogP contribution >= 0.6 is 11.8 Å². The number of anilines is 1. The van der Waals surface area contributed by atoms with Crippen molar-refractivity contribution in [2.45, 2.75) is 19.0 Å². The predicted octanol–water partition coefficient (Wildman–Crippen LogP) is 2.54. The average Bonchev–Trinajstić information content (AvgIpc) is 3.16. The van der Waals surface area contributed by atoms with Crippen LogP contribution in [-0.2, 0) is 4.79 Å². The van der Waals surface area contributed by atoms with Crippen LogP contribution in [0.25, 0.3) is 0 Å². The van der Waals surface area contributed by atoms with E-state index in [1.807, 2.05) is 13.8 Å². The molecular weight excluding hydrogens is 356 g/mol. The first-order valence-electron chi connectivity index (χ1n) is 7.99. The number of ether oxygens (including phenoxy) is 2. The molecule has 0 unspecified atom stereocenters. The highest BCUT2D eigenvalue weighted by Gasteiger charge is 2.11. The number of thioether (sulfide) groups is 1. The largest absolute Gasteiger partial charge is 0.493 e. The molecule has 2 rings (SSSR count). The molecule has 142 valence electrons. The van der Waals surface area contributed by atoms with Crippen LogP contribution in [0.4, 0.5) is 5.69 Å². The molecule has 0 aliphatic heterocycles. The first-order chi connectivity index (χ1) is 12.6. The molecular formula is C17H24N4O4S. The molecule has 0 aliphatic rings. The Kier molecular flexibility index (Phi) is 9.07. The first kappa shape index (κ1) is 21.4. The number of H-pyrrole nitrogens is 1. The lowest BCUT2D eigenvalue weighted by molar-refractivity contribution is -0.113. The van der Waals surface area contributed by atoms with Crippen molar-refractivity contribution in [1.29, 1.82) is 0 Å². The molecule has 0 fully saturated rings. The zero-order valence-electron chi connectivity index (χ0n) is 15.5. The summed E-state index contributed by atoms with van der Waals surface area (Å²) < 4.78 is 10.3. The molecule has 1 aromatic heterocycles. The fraction of sp³-hybridized carbons (Fsp3) is 0.353. The Morgan fingerprint density at radius 3 is 2.50 bits per heavy atom. The second kappa shape index (κ2) is 11.0. The summed E-state index contributed by atoms with van der Waals surface area (Å²) in [5.74, 6) is 0.801. The third-order valence-electron chi connectivity index (χ3n) is 3.03. The number of imidazole rings is 1. The van der Waals surface area contributed by atoms with Crippen molar-refractivity contribution in [3.63, 3.8) is 0 Å². The number of aromatic nitrogens is 2. The molecule has 9 heteroatoms. The third-order valence-corrected chi connectivity index (χ3v) is 3.92. The van der Waals surface area contributed by atoms with Crippen molar-refractivity contribution in [1.82, 2.24) is 15.3 Å². The molecule has 0 bridgehead atoms. The fourth-order valence-corrected chi connectivity index (χ4v) is 2.52. The molecule has 2 aromatic rings. The SMILES string of the molecule is CC.CNC(=O)c1cnc(SCC(=O)Nc2ccc(OC)c(OC)c2)[nH]1. The zero-order chi connectivity index (χ0) is 19.5. The van der Waals surface area contributed by atoms with E-state index in [2.05, 4.69) is 20.6 Å². The number of hydrogen-bond donors (Lipinski definition) is 3. The Morgan fingerprint density at radius 2 is 1.88 bits per heavy atom. The first-order valence-corrected chi connectivity index (χ1v) is 8.97. The van der Waals surface area contributed by atoms with Gasteiger partial charge in [0.2, 0.25) is 5.91 Å². The van der Waals surface area contributed by atoms with Crippen molar-refractivity contribution in [2.75, 3.05) is 32.3 Å². The monoisotopic (exact) mass is 380 g/mol. The molecule has 26 heavy (non-hydrogen) atoms. The van der Waals surface area contributed by atoms with Crippen molar-refractivity contribution in [3.8, 4) is 11.5 Å². The molecule has 0 saturated carbocycles. The van der Waals surface area contributed by atoms with E-state index in [4.69, 9.17) is 9.47 Å². The van der Waals surface area contributed by atoms with E-state index in [0.29, 0.717) is 28.0 Å². The summed E-state index contributed by atoms with van der Waals surface area (Å²) in [6.45, 7) is 4.00. The highest BCUT2D eigenvalue weighted by Crippen LogP contribution is 2.29. The van der Waals surface area contributed by atoms with Gasteiger partial charge in [-0.05, 0) is 12.1 Å². The lowest BCUT2D eigenvalue weighted by Gasteiger charge is -2.10. The number of methoxy groups -OCH3 is 2. The van der Waals surface area contributed by atoms with Gasteiger partial charge in [-0.15, -0.1) is 0 Å². The van der Waals surface area contributed by atoms with Crippen LogP contribution in [0.2, 0.25) is 0 Å². The van der Waals surface area contributed by atoms with Crippen molar-refractivity contribution >= 4 is 29.3 Å². The van der Waals surface area contributed by atoms with Crippen LogP contribution < -0.4 is 20.1 Å². The van der Waals surface area contributed by atoms with E-state index >= 15 is 0 Å². The molecule has 0 spiro atoms. The molecule has 1 aromatic carbocycles. The van der Waals surface area contributed by atoms with Crippen LogP contribution in [0.3, 0.4) is 0 Å². The molecule has 0 atom stereocenters. The minimum Gasteiger partial charge on any atom is -0.493 e. The Bertz CT molecular complexity index is 733. The van der Waals surface area contributed by atoms with Crippen molar-refractivity contribution < 1.29 is 19.1 Å². The van der Waals surface area contributed by atoms with Gasteiger partial charge in [-0.2, -0.15) is 0 Å². The van der Waals surface area contributed by atoms with Gasteiger partial charge < -0.3 is 25.1 Å². The minimum absolute atomic E-state index is 0.148. The second-order valence-corrected chi connectivity index (χ2v) is 5.55. The zero-order valence-corrected chi connectivity index (χ0v) is 16.3. The van der Waals surface area contributed by atoms with E-state index in [9.17, 15) is 9.59 Å². The summed E-state index contributed by atoms with van der Waals surface area (Å²) in [6.07, 6.45) is 1.42. The molecule has 2 amide bonds. The quantitative estimate of drug-likeness (QED) is 0.638. The lowest BCUT2D eigenvalue weighted by atomic mass is 10.2. The van der Waals surface area contributed by atoms with Gasteiger partial charge in [0.1, 0.15) is 5.69 Å². The van der Waals surface area contributed by atoms with E-state index in [-0.39, 0.29) is 17.6 Å². The molecule has 1 heterocycles.